The molecule has 0 aliphatic carbocycles. The normalized spacial score (nSPS) is 14.6. The molecule has 3 rings (SSSR count). The Balaban J connectivity index is 1.53. The van der Waals surface area contributed by atoms with E-state index in [1.165, 1.54) is 13.2 Å². The number of hydrogen-bond acceptors (Lipinski definition) is 5. The fourth-order valence-electron chi connectivity index (χ4n) is 3.16. The molecule has 0 bridgehead atoms. The third-order valence-corrected chi connectivity index (χ3v) is 4.70. The van der Waals surface area contributed by atoms with Crippen LogP contribution in [0.3, 0.4) is 0 Å². The third-order valence-electron chi connectivity index (χ3n) is 4.70. The zero-order valence-corrected chi connectivity index (χ0v) is 15.1. The van der Waals surface area contributed by atoms with E-state index in [0.29, 0.717) is 49.4 Å². The van der Waals surface area contributed by atoms with E-state index in [9.17, 15) is 14.4 Å². The first-order valence-corrected chi connectivity index (χ1v) is 8.86. The summed E-state index contributed by atoms with van der Waals surface area (Å²) >= 11 is 0. The van der Waals surface area contributed by atoms with Crippen LogP contribution in [-0.2, 0) is 16.1 Å². The predicted octanol–water partition coefficient (Wildman–Crippen LogP) is 2.23. The zero-order valence-electron chi connectivity index (χ0n) is 15.1. The summed E-state index contributed by atoms with van der Waals surface area (Å²) in [6, 6.07) is 10.1. The largest absolute Gasteiger partial charge is 0.467 e. The van der Waals surface area contributed by atoms with Gasteiger partial charge in [0.05, 0.1) is 25.5 Å². The average Bonchev–Trinajstić information content (AvgIpc) is 3.24. The molecular weight excluding hydrogens is 348 g/mol. The minimum atomic E-state index is -0.475. The highest BCUT2D eigenvalue weighted by Crippen LogP contribution is 2.20. The number of furan rings is 1. The van der Waals surface area contributed by atoms with E-state index < -0.39 is 5.97 Å². The Kier molecular flexibility index (Phi) is 5.90. The van der Waals surface area contributed by atoms with Gasteiger partial charge in [-0.15, -0.1) is 0 Å². The number of ether oxygens (including phenoxy) is 1. The molecule has 0 atom stereocenters. The quantitative estimate of drug-likeness (QED) is 0.816. The van der Waals surface area contributed by atoms with Gasteiger partial charge in [-0.2, -0.15) is 0 Å². The number of piperidine rings is 1. The standard InChI is InChI=1S/C20H22N2O5/c1-26-20(25)16-5-2-4-15(12-16)19(24)22-9-7-14(8-10-22)18(23)21-13-17-6-3-11-27-17/h2-6,11-12,14H,7-10,13H2,1H3,(H,21,23). The molecule has 7 nitrogen and oxygen atoms in total. The van der Waals surface area contributed by atoms with Crippen LogP contribution in [0, 0.1) is 5.92 Å². The molecule has 1 aromatic heterocycles. The van der Waals surface area contributed by atoms with Gasteiger partial charge in [-0.25, -0.2) is 4.79 Å². The van der Waals surface area contributed by atoms with Crippen molar-refractivity contribution in [1.29, 1.82) is 0 Å². The highest BCUT2D eigenvalue weighted by Gasteiger charge is 2.28. The van der Waals surface area contributed by atoms with Crippen molar-refractivity contribution in [2.45, 2.75) is 19.4 Å². The number of methoxy groups -OCH3 is 1. The van der Waals surface area contributed by atoms with Gasteiger partial charge in [0.25, 0.3) is 5.91 Å². The minimum absolute atomic E-state index is 0.0220. The van der Waals surface area contributed by atoms with Gasteiger partial charge in [-0.05, 0) is 43.2 Å². The van der Waals surface area contributed by atoms with E-state index in [2.05, 4.69) is 5.32 Å². The van der Waals surface area contributed by atoms with Gasteiger partial charge < -0.3 is 19.4 Å². The van der Waals surface area contributed by atoms with Crippen molar-refractivity contribution in [1.82, 2.24) is 10.2 Å². The van der Waals surface area contributed by atoms with Crippen molar-refractivity contribution >= 4 is 17.8 Å². The van der Waals surface area contributed by atoms with Crippen LogP contribution in [0.1, 0.15) is 39.3 Å². The lowest BCUT2D eigenvalue weighted by Gasteiger charge is -2.31. The number of carbonyl (C=O) groups excluding carboxylic acids is 3. The highest BCUT2D eigenvalue weighted by molar-refractivity contribution is 5.98. The monoisotopic (exact) mass is 370 g/mol. The summed E-state index contributed by atoms with van der Waals surface area (Å²) in [5, 5.41) is 2.87. The van der Waals surface area contributed by atoms with Crippen molar-refractivity contribution in [2.75, 3.05) is 20.2 Å². The summed E-state index contributed by atoms with van der Waals surface area (Å²) in [4.78, 5) is 38.3. The number of carbonyl (C=O) groups is 3. The Hall–Kier alpha value is -3.09. The summed E-state index contributed by atoms with van der Waals surface area (Å²) in [6.07, 6.45) is 2.78. The molecule has 1 N–H and O–H groups in total. The Morgan fingerprint density at radius 1 is 1.15 bits per heavy atom. The number of benzene rings is 1. The molecule has 1 aromatic carbocycles. The first-order chi connectivity index (χ1) is 13.1. The lowest BCUT2D eigenvalue weighted by molar-refractivity contribution is -0.126. The smallest absolute Gasteiger partial charge is 0.337 e. The van der Waals surface area contributed by atoms with Crippen LogP contribution in [0.4, 0.5) is 0 Å². The molecule has 0 saturated carbocycles. The summed E-state index contributed by atoms with van der Waals surface area (Å²) in [5.41, 5.74) is 0.786. The maximum atomic E-state index is 12.7. The van der Waals surface area contributed by atoms with Gasteiger partial charge in [-0.3, -0.25) is 9.59 Å². The van der Waals surface area contributed by atoms with Crippen LogP contribution < -0.4 is 5.32 Å². The molecule has 7 heteroatoms. The predicted molar refractivity (Wildman–Crippen MR) is 97.0 cm³/mol. The average molecular weight is 370 g/mol. The first-order valence-electron chi connectivity index (χ1n) is 8.86. The molecule has 1 aliphatic rings. The van der Waals surface area contributed by atoms with Crippen molar-refractivity contribution in [3.63, 3.8) is 0 Å². The minimum Gasteiger partial charge on any atom is -0.467 e. The Bertz CT molecular complexity index is 808. The van der Waals surface area contributed by atoms with Crippen LogP contribution in [0.25, 0.3) is 0 Å². The maximum absolute atomic E-state index is 12.7. The SMILES string of the molecule is COC(=O)c1cccc(C(=O)N2CCC(C(=O)NCc3ccco3)CC2)c1. The highest BCUT2D eigenvalue weighted by atomic mass is 16.5. The summed E-state index contributed by atoms with van der Waals surface area (Å²) in [5.74, 6) is -0.0511. The van der Waals surface area contributed by atoms with Crippen LogP contribution in [0.2, 0.25) is 0 Å². The van der Waals surface area contributed by atoms with E-state index in [1.807, 2.05) is 6.07 Å². The van der Waals surface area contributed by atoms with Gasteiger partial charge in [-0.1, -0.05) is 6.07 Å². The lowest BCUT2D eigenvalue weighted by atomic mass is 9.95. The van der Waals surface area contributed by atoms with E-state index >= 15 is 0 Å². The molecule has 0 unspecified atom stereocenters. The molecule has 2 aromatic rings. The second kappa shape index (κ2) is 8.53. The number of amides is 2. The molecule has 2 amide bonds. The van der Waals surface area contributed by atoms with Crippen LogP contribution in [-0.4, -0.2) is 42.9 Å². The fraction of sp³-hybridized carbons (Fsp3) is 0.350. The second-order valence-electron chi connectivity index (χ2n) is 6.44. The number of hydrogen-bond donors (Lipinski definition) is 1. The number of likely N-dealkylation sites (tertiary alicyclic amines) is 1. The summed E-state index contributed by atoms with van der Waals surface area (Å²) in [6.45, 7) is 1.37. The Morgan fingerprint density at radius 3 is 2.56 bits per heavy atom. The van der Waals surface area contributed by atoms with Crippen molar-refractivity contribution in [2.24, 2.45) is 5.92 Å². The van der Waals surface area contributed by atoms with Crippen molar-refractivity contribution in [3.8, 4) is 0 Å². The van der Waals surface area contributed by atoms with Crippen molar-refractivity contribution in [3.05, 3.63) is 59.5 Å². The lowest BCUT2D eigenvalue weighted by Crippen LogP contribution is -2.42. The van der Waals surface area contributed by atoms with E-state index in [4.69, 9.17) is 9.15 Å². The molecule has 1 aliphatic heterocycles. The van der Waals surface area contributed by atoms with Gasteiger partial charge in [0.15, 0.2) is 0 Å². The molecule has 2 heterocycles. The first kappa shape index (κ1) is 18.7. The zero-order chi connectivity index (χ0) is 19.2. The van der Waals surface area contributed by atoms with Gasteiger partial charge in [0.2, 0.25) is 5.91 Å². The molecule has 0 radical (unpaired) electrons. The van der Waals surface area contributed by atoms with Gasteiger partial charge in [0.1, 0.15) is 5.76 Å². The number of rotatable bonds is 5. The molecule has 1 saturated heterocycles. The number of nitrogens with one attached hydrogen (secondary N) is 1. The maximum Gasteiger partial charge on any atom is 0.337 e. The molecule has 142 valence electrons. The molecule has 27 heavy (non-hydrogen) atoms. The van der Waals surface area contributed by atoms with Gasteiger partial charge >= 0.3 is 5.97 Å². The molecular formula is C20H22N2O5. The van der Waals surface area contributed by atoms with E-state index in [-0.39, 0.29) is 17.7 Å². The number of nitrogens with zero attached hydrogens (tertiary/aromatic N) is 1. The summed E-state index contributed by atoms with van der Waals surface area (Å²) < 4.78 is 9.89. The fourth-order valence-corrected chi connectivity index (χ4v) is 3.16. The molecule has 0 spiro atoms. The second-order valence-corrected chi connectivity index (χ2v) is 6.44. The molecule has 1 fully saturated rings. The van der Waals surface area contributed by atoms with Crippen LogP contribution in [0.15, 0.2) is 47.1 Å². The van der Waals surface area contributed by atoms with Gasteiger partial charge in [0, 0.05) is 24.6 Å². The van der Waals surface area contributed by atoms with E-state index in [1.54, 1.807) is 35.4 Å². The van der Waals surface area contributed by atoms with Crippen LogP contribution in [0.5, 0.6) is 0 Å². The Labute approximate surface area is 157 Å². The Morgan fingerprint density at radius 2 is 1.89 bits per heavy atom. The topological polar surface area (TPSA) is 88.9 Å². The number of esters is 1. The van der Waals surface area contributed by atoms with Crippen molar-refractivity contribution < 1.29 is 23.5 Å². The third kappa shape index (κ3) is 4.55. The summed E-state index contributed by atoms with van der Waals surface area (Å²) in [7, 11) is 1.30. The van der Waals surface area contributed by atoms with E-state index in [0.717, 1.165) is 0 Å². The van der Waals surface area contributed by atoms with Crippen LogP contribution >= 0.6 is 0 Å².